The maximum atomic E-state index is 13.5. The van der Waals surface area contributed by atoms with E-state index >= 15 is 0 Å². The first kappa shape index (κ1) is 26.8. The zero-order valence-corrected chi connectivity index (χ0v) is 21.4. The first-order valence-electron chi connectivity index (χ1n) is 12.3. The number of ether oxygens (including phenoxy) is 4. The molecule has 0 atom stereocenters. The highest BCUT2D eigenvalue weighted by atomic mass is 16.5. The molecule has 0 bridgehead atoms. The van der Waals surface area contributed by atoms with Gasteiger partial charge in [0.05, 0.1) is 19.8 Å². The Hall–Kier alpha value is -3.75. The lowest BCUT2D eigenvalue weighted by Crippen LogP contribution is -2.37. The van der Waals surface area contributed by atoms with E-state index in [0.29, 0.717) is 86.5 Å². The third kappa shape index (κ3) is 6.68. The van der Waals surface area contributed by atoms with Gasteiger partial charge in [-0.15, -0.1) is 0 Å². The zero-order valence-electron chi connectivity index (χ0n) is 21.4. The van der Waals surface area contributed by atoms with Crippen LogP contribution in [0.4, 0.5) is 0 Å². The minimum atomic E-state index is -0.446. The predicted molar refractivity (Wildman–Crippen MR) is 134 cm³/mol. The van der Waals surface area contributed by atoms with Gasteiger partial charge in [-0.2, -0.15) is 0 Å². The van der Waals surface area contributed by atoms with Gasteiger partial charge in [-0.05, 0) is 57.5 Å². The van der Waals surface area contributed by atoms with Crippen LogP contribution in [0.2, 0.25) is 0 Å². The molecule has 1 fully saturated rings. The van der Waals surface area contributed by atoms with Gasteiger partial charge in [0.1, 0.15) is 5.75 Å². The van der Waals surface area contributed by atoms with Crippen LogP contribution in [0.5, 0.6) is 23.0 Å². The van der Waals surface area contributed by atoms with E-state index in [2.05, 4.69) is 0 Å². The average molecular weight is 499 g/mol. The molecule has 0 radical (unpaired) electrons. The van der Waals surface area contributed by atoms with E-state index in [4.69, 9.17) is 18.9 Å². The minimum Gasteiger partial charge on any atom is -0.490 e. The number of benzene rings is 2. The largest absolute Gasteiger partial charge is 0.490 e. The molecule has 1 aliphatic heterocycles. The van der Waals surface area contributed by atoms with E-state index in [0.717, 1.165) is 0 Å². The zero-order chi connectivity index (χ0) is 26.1. The second kappa shape index (κ2) is 12.8. The molecule has 3 rings (SSSR count). The first-order valence-corrected chi connectivity index (χ1v) is 12.3. The summed E-state index contributed by atoms with van der Waals surface area (Å²) in [6.45, 7) is 9.99. The lowest BCUT2D eigenvalue weighted by molar-refractivity contribution is -0.131. The number of carbonyl (C=O) groups is 3. The van der Waals surface area contributed by atoms with Crippen molar-refractivity contribution in [2.24, 2.45) is 0 Å². The molecule has 9 heteroatoms. The van der Waals surface area contributed by atoms with Crippen molar-refractivity contribution in [3.05, 3.63) is 47.5 Å². The maximum absolute atomic E-state index is 13.5. The Morgan fingerprint density at radius 3 is 1.83 bits per heavy atom. The van der Waals surface area contributed by atoms with Crippen LogP contribution < -0.4 is 18.9 Å². The molecule has 9 nitrogen and oxygen atoms in total. The Morgan fingerprint density at radius 1 is 0.750 bits per heavy atom. The minimum absolute atomic E-state index is 0.161. The number of amides is 2. The van der Waals surface area contributed by atoms with Crippen molar-refractivity contribution in [1.82, 2.24) is 9.80 Å². The summed E-state index contributed by atoms with van der Waals surface area (Å²) in [5, 5.41) is 0. The van der Waals surface area contributed by atoms with E-state index in [1.54, 1.807) is 46.2 Å². The number of esters is 1. The van der Waals surface area contributed by atoms with Crippen molar-refractivity contribution in [1.29, 1.82) is 0 Å². The molecule has 1 aliphatic rings. The van der Waals surface area contributed by atoms with E-state index < -0.39 is 5.97 Å². The molecule has 0 N–H and O–H groups in total. The molecule has 0 unspecified atom stereocenters. The standard InChI is InChI=1S/C27H34N2O7/c1-5-33-23-17-21(18-24(34-6-2)25(23)35-7-3)27(32)29-13-9-12-28(14-15-29)26(31)20-10-8-11-22(16-20)36-19(4)30/h8,10-11,16-18H,5-7,9,12-15H2,1-4H3. The van der Waals surface area contributed by atoms with Crippen LogP contribution in [0.1, 0.15) is 54.8 Å². The molecule has 0 aromatic heterocycles. The van der Waals surface area contributed by atoms with Gasteiger partial charge in [-0.1, -0.05) is 6.07 Å². The van der Waals surface area contributed by atoms with E-state index in [1.165, 1.54) is 6.92 Å². The highest BCUT2D eigenvalue weighted by Crippen LogP contribution is 2.39. The van der Waals surface area contributed by atoms with Crippen LogP contribution in [-0.4, -0.2) is 73.6 Å². The van der Waals surface area contributed by atoms with Gasteiger partial charge < -0.3 is 28.7 Å². The Morgan fingerprint density at radius 2 is 1.31 bits per heavy atom. The summed E-state index contributed by atoms with van der Waals surface area (Å²) < 4.78 is 22.3. The van der Waals surface area contributed by atoms with Gasteiger partial charge in [0, 0.05) is 44.2 Å². The van der Waals surface area contributed by atoms with Gasteiger partial charge >= 0.3 is 5.97 Å². The Balaban J connectivity index is 1.76. The molecule has 36 heavy (non-hydrogen) atoms. The molecule has 1 saturated heterocycles. The molecule has 2 aromatic carbocycles. The smallest absolute Gasteiger partial charge is 0.308 e. The van der Waals surface area contributed by atoms with Crippen molar-refractivity contribution < 1.29 is 33.3 Å². The van der Waals surface area contributed by atoms with E-state index in [9.17, 15) is 14.4 Å². The van der Waals surface area contributed by atoms with Crippen molar-refractivity contribution >= 4 is 17.8 Å². The van der Waals surface area contributed by atoms with Crippen LogP contribution in [0.15, 0.2) is 36.4 Å². The van der Waals surface area contributed by atoms with Gasteiger partial charge in [0.15, 0.2) is 11.5 Å². The lowest BCUT2D eigenvalue weighted by Gasteiger charge is -2.23. The normalized spacial score (nSPS) is 13.6. The van der Waals surface area contributed by atoms with E-state index in [1.807, 2.05) is 20.8 Å². The summed E-state index contributed by atoms with van der Waals surface area (Å²) >= 11 is 0. The average Bonchev–Trinajstić information content (AvgIpc) is 3.11. The van der Waals surface area contributed by atoms with Crippen LogP contribution in [0.25, 0.3) is 0 Å². The molecule has 2 aromatic rings. The fraction of sp³-hybridized carbons (Fsp3) is 0.444. The Labute approximate surface area is 211 Å². The molecular formula is C27H34N2O7. The van der Waals surface area contributed by atoms with Crippen LogP contribution in [-0.2, 0) is 4.79 Å². The number of nitrogens with zero attached hydrogens (tertiary/aromatic N) is 2. The number of hydrogen-bond acceptors (Lipinski definition) is 7. The summed E-state index contributed by atoms with van der Waals surface area (Å²) in [4.78, 5) is 41.3. The quantitative estimate of drug-likeness (QED) is 0.383. The van der Waals surface area contributed by atoms with Crippen LogP contribution >= 0.6 is 0 Å². The molecule has 194 valence electrons. The molecular weight excluding hydrogens is 464 g/mol. The topological polar surface area (TPSA) is 94.6 Å². The highest BCUT2D eigenvalue weighted by molar-refractivity contribution is 5.96. The number of carbonyl (C=O) groups excluding carboxylic acids is 3. The summed E-state index contributed by atoms with van der Waals surface area (Å²) in [7, 11) is 0. The van der Waals surface area contributed by atoms with Gasteiger partial charge in [0.25, 0.3) is 11.8 Å². The first-order chi connectivity index (χ1) is 17.4. The maximum Gasteiger partial charge on any atom is 0.308 e. The Kier molecular flexibility index (Phi) is 9.55. The van der Waals surface area contributed by atoms with Crippen LogP contribution in [0, 0.1) is 0 Å². The second-order valence-corrected chi connectivity index (χ2v) is 8.16. The molecule has 0 saturated carbocycles. The molecule has 1 heterocycles. The second-order valence-electron chi connectivity index (χ2n) is 8.16. The lowest BCUT2D eigenvalue weighted by atomic mass is 10.1. The van der Waals surface area contributed by atoms with Crippen molar-refractivity contribution in [3.63, 3.8) is 0 Å². The molecule has 2 amide bonds. The summed E-state index contributed by atoms with van der Waals surface area (Å²) in [5.41, 5.74) is 0.877. The SMILES string of the molecule is CCOc1cc(C(=O)N2CCCN(C(=O)c3cccc(OC(C)=O)c3)CC2)cc(OCC)c1OCC. The number of rotatable bonds is 9. The number of hydrogen-bond donors (Lipinski definition) is 0. The molecule has 0 spiro atoms. The summed E-state index contributed by atoms with van der Waals surface area (Å²) in [6.07, 6.45) is 0.634. The monoisotopic (exact) mass is 498 g/mol. The van der Waals surface area contributed by atoms with Gasteiger partial charge in [-0.3, -0.25) is 14.4 Å². The summed E-state index contributed by atoms with van der Waals surface area (Å²) in [5.74, 6) is 0.966. The van der Waals surface area contributed by atoms with E-state index in [-0.39, 0.29) is 11.8 Å². The Bertz CT molecular complexity index is 1060. The summed E-state index contributed by atoms with van der Waals surface area (Å²) in [6, 6.07) is 9.93. The van der Waals surface area contributed by atoms with Crippen molar-refractivity contribution in [2.45, 2.75) is 34.1 Å². The van der Waals surface area contributed by atoms with Crippen LogP contribution in [0.3, 0.4) is 0 Å². The van der Waals surface area contributed by atoms with Crippen molar-refractivity contribution in [3.8, 4) is 23.0 Å². The highest BCUT2D eigenvalue weighted by Gasteiger charge is 2.26. The van der Waals surface area contributed by atoms with Crippen molar-refractivity contribution in [2.75, 3.05) is 46.0 Å². The third-order valence-corrected chi connectivity index (χ3v) is 5.57. The third-order valence-electron chi connectivity index (χ3n) is 5.57. The predicted octanol–water partition coefficient (Wildman–Crippen LogP) is 3.80. The van der Waals surface area contributed by atoms with Gasteiger partial charge in [0.2, 0.25) is 5.75 Å². The fourth-order valence-electron chi connectivity index (χ4n) is 4.06. The molecule has 0 aliphatic carbocycles. The van der Waals surface area contributed by atoms with Gasteiger partial charge in [-0.25, -0.2) is 0 Å². The fourth-order valence-corrected chi connectivity index (χ4v) is 4.06.